The molecular weight excluding hydrogens is 378 g/mol. The van der Waals surface area contributed by atoms with E-state index < -0.39 is 0 Å². The van der Waals surface area contributed by atoms with Crippen LogP contribution in [0.3, 0.4) is 0 Å². The number of aromatic nitrogens is 2. The first kappa shape index (κ1) is 16.0. The van der Waals surface area contributed by atoms with Crippen LogP contribution in [0.25, 0.3) is 17.0 Å². The van der Waals surface area contributed by atoms with Crippen molar-refractivity contribution in [2.75, 3.05) is 7.11 Å². The highest BCUT2D eigenvalue weighted by atomic mass is 79.9. The third-order valence-electron chi connectivity index (χ3n) is 4.31. The molecule has 0 aliphatic carbocycles. The maximum Gasteiger partial charge on any atom is 0.146 e. The Bertz CT molecular complexity index is 1070. The van der Waals surface area contributed by atoms with Crippen molar-refractivity contribution in [3.05, 3.63) is 75.0 Å². The summed E-state index contributed by atoms with van der Waals surface area (Å²) in [5.41, 5.74) is 7.14. The number of aryl methyl sites for hydroxylation is 2. The van der Waals surface area contributed by atoms with Gasteiger partial charge in [-0.2, -0.15) is 0 Å². The Hall–Kier alpha value is -2.53. The monoisotopic (exact) mass is 395 g/mol. The lowest BCUT2D eigenvalue weighted by Gasteiger charge is -2.01. The van der Waals surface area contributed by atoms with Crippen molar-refractivity contribution in [2.24, 2.45) is 4.99 Å². The van der Waals surface area contributed by atoms with Crippen molar-refractivity contribution < 1.29 is 4.74 Å². The van der Waals surface area contributed by atoms with Gasteiger partial charge < -0.3 is 14.7 Å². The van der Waals surface area contributed by atoms with Crippen LogP contribution in [0.15, 0.2) is 57.3 Å². The summed E-state index contributed by atoms with van der Waals surface area (Å²) >= 11 is 3.51. The van der Waals surface area contributed by atoms with Crippen molar-refractivity contribution in [3.8, 4) is 0 Å². The van der Waals surface area contributed by atoms with Crippen molar-refractivity contribution in [3.63, 3.8) is 0 Å². The molecule has 4 nitrogen and oxygen atoms in total. The molecule has 2 N–H and O–H groups in total. The Morgan fingerprint density at radius 2 is 1.96 bits per heavy atom. The normalized spacial score (nSPS) is 15.8. The molecule has 3 aromatic rings. The van der Waals surface area contributed by atoms with Gasteiger partial charge in [-0.1, -0.05) is 15.9 Å². The van der Waals surface area contributed by atoms with Crippen molar-refractivity contribution in [2.45, 2.75) is 13.8 Å². The van der Waals surface area contributed by atoms with Crippen LogP contribution in [0.4, 0.5) is 0 Å². The predicted octanol–water partition coefficient (Wildman–Crippen LogP) is 5.25. The van der Waals surface area contributed by atoms with Gasteiger partial charge >= 0.3 is 0 Å². The zero-order valence-electron chi connectivity index (χ0n) is 14.3. The molecule has 25 heavy (non-hydrogen) atoms. The maximum atomic E-state index is 5.53. The molecule has 1 aromatic carbocycles. The average Bonchev–Trinajstić information content (AvgIpc) is 3.24. The number of aliphatic imine (C=N–C) groups is 1. The minimum atomic E-state index is 0.765. The average molecular weight is 396 g/mol. The summed E-state index contributed by atoms with van der Waals surface area (Å²) in [5.74, 6) is 0.765. The summed E-state index contributed by atoms with van der Waals surface area (Å²) in [6, 6.07) is 10.4. The van der Waals surface area contributed by atoms with Crippen LogP contribution < -0.4 is 0 Å². The molecule has 0 saturated heterocycles. The van der Waals surface area contributed by atoms with Crippen LogP contribution in [0.5, 0.6) is 0 Å². The molecule has 0 spiro atoms. The van der Waals surface area contributed by atoms with Crippen LogP contribution in [0, 0.1) is 13.8 Å². The van der Waals surface area contributed by atoms with E-state index in [1.165, 1.54) is 5.56 Å². The number of H-pyrrole nitrogens is 2. The molecule has 0 radical (unpaired) electrons. The summed E-state index contributed by atoms with van der Waals surface area (Å²) in [5, 5.41) is 1.15. The van der Waals surface area contributed by atoms with Crippen LogP contribution in [-0.4, -0.2) is 22.8 Å². The van der Waals surface area contributed by atoms with E-state index in [1.54, 1.807) is 7.11 Å². The van der Waals surface area contributed by atoms with E-state index in [4.69, 9.17) is 9.73 Å². The zero-order valence-corrected chi connectivity index (χ0v) is 15.9. The predicted molar refractivity (Wildman–Crippen MR) is 106 cm³/mol. The topological polar surface area (TPSA) is 53.2 Å². The highest BCUT2D eigenvalue weighted by Gasteiger charge is 2.18. The number of methoxy groups -OCH3 is 1. The van der Waals surface area contributed by atoms with Gasteiger partial charge in [0.15, 0.2) is 0 Å². The Balaban J connectivity index is 1.77. The number of allylic oxidation sites excluding steroid dienone is 1. The van der Waals surface area contributed by atoms with Crippen LogP contribution in [-0.2, 0) is 4.74 Å². The molecule has 3 heterocycles. The second kappa shape index (κ2) is 6.08. The molecule has 2 aromatic heterocycles. The number of ether oxygens (including phenoxy) is 1. The molecule has 0 amide bonds. The maximum absolute atomic E-state index is 5.53. The van der Waals surface area contributed by atoms with Gasteiger partial charge in [-0.05, 0) is 55.8 Å². The van der Waals surface area contributed by atoms with E-state index in [-0.39, 0.29) is 0 Å². The second-order valence-corrected chi connectivity index (χ2v) is 7.12. The van der Waals surface area contributed by atoms with Crippen molar-refractivity contribution in [1.82, 2.24) is 9.97 Å². The molecule has 0 saturated carbocycles. The number of hydrogen-bond donors (Lipinski definition) is 2. The molecule has 1 aliphatic heterocycles. The lowest BCUT2D eigenvalue weighted by molar-refractivity contribution is 0.303. The fraction of sp³-hybridized carbons (Fsp3) is 0.150. The van der Waals surface area contributed by atoms with Crippen LogP contribution in [0.1, 0.15) is 22.6 Å². The molecule has 0 bridgehead atoms. The van der Waals surface area contributed by atoms with E-state index in [2.05, 4.69) is 57.1 Å². The van der Waals surface area contributed by atoms with E-state index >= 15 is 0 Å². The van der Waals surface area contributed by atoms with Gasteiger partial charge in [-0.25, -0.2) is 4.99 Å². The number of nitrogens with zero attached hydrogens (tertiary/aromatic N) is 1. The molecule has 5 heteroatoms. The molecule has 0 atom stereocenters. The van der Waals surface area contributed by atoms with Gasteiger partial charge in [-0.15, -0.1) is 0 Å². The number of nitrogens with one attached hydrogen (secondary N) is 2. The van der Waals surface area contributed by atoms with Gasteiger partial charge in [0.1, 0.15) is 11.5 Å². The van der Waals surface area contributed by atoms with Crippen LogP contribution >= 0.6 is 15.9 Å². The largest absolute Gasteiger partial charge is 0.494 e. The Kier molecular flexibility index (Phi) is 3.88. The standard InChI is InChI=1S/C20H18BrN3O/c1-11-6-12(2)22-16(11)9-19-20(25-3)10-18(24-19)17-8-13-7-14(21)4-5-15(13)23-17/h4-10,22-23H,1-3H3. The Labute approximate surface area is 154 Å². The Morgan fingerprint density at radius 3 is 2.68 bits per heavy atom. The van der Waals surface area contributed by atoms with E-state index in [1.807, 2.05) is 25.1 Å². The molecular formula is C20H18BrN3O. The molecule has 126 valence electrons. The minimum Gasteiger partial charge on any atom is -0.494 e. The highest BCUT2D eigenvalue weighted by Crippen LogP contribution is 2.27. The zero-order chi connectivity index (χ0) is 17.6. The van der Waals surface area contributed by atoms with Crippen molar-refractivity contribution in [1.29, 1.82) is 0 Å². The van der Waals surface area contributed by atoms with E-state index in [0.717, 1.165) is 49.6 Å². The summed E-state index contributed by atoms with van der Waals surface area (Å²) in [6.45, 7) is 4.13. The quantitative estimate of drug-likeness (QED) is 0.624. The molecule has 0 fully saturated rings. The summed E-state index contributed by atoms with van der Waals surface area (Å²) in [4.78, 5) is 11.6. The first-order chi connectivity index (χ1) is 12.0. The van der Waals surface area contributed by atoms with Crippen LogP contribution in [0.2, 0.25) is 0 Å². The summed E-state index contributed by atoms with van der Waals surface area (Å²) in [7, 11) is 1.67. The third kappa shape index (κ3) is 2.96. The fourth-order valence-electron chi connectivity index (χ4n) is 3.10. The molecule has 1 aliphatic rings. The number of halogens is 1. The van der Waals surface area contributed by atoms with Gasteiger partial charge in [0.05, 0.1) is 18.5 Å². The fourth-order valence-corrected chi connectivity index (χ4v) is 3.48. The Morgan fingerprint density at radius 1 is 1.12 bits per heavy atom. The second-order valence-electron chi connectivity index (χ2n) is 6.20. The molecule has 4 rings (SSSR count). The summed E-state index contributed by atoms with van der Waals surface area (Å²) < 4.78 is 6.59. The first-order valence-electron chi connectivity index (χ1n) is 8.05. The molecule has 0 unspecified atom stereocenters. The lowest BCUT2D eigenvalue weighted by atomic mass is 10.2. The number of aromatic amines is 2. The SMILES string of the molecule is COC1=CC(c2cc3cc(Br)ccc3[nH]2)=NC1=Cc1[nH]c(C)cc1C. The number of rotatable bonds is 3. The highest BCUT2D eigenvalue weighted by molar-refractivity contribution is 9.10. The van der Waals surface area contributed by atoms with Gasteiger partial charge in [0, 0.05) is 32.8 Å². The number of fused-ring (bicyclic) bond motifs is 1. The van der Waals surface area contributed by atoms with Gasteiger partial charge in [0.25, 0.3) is 0 Å². The summed E-state index contributed by atoms with van der Waals surface area (Å²) in [6.07, 6.45) is 4.00. The third-order valence-corrected chi connectivity index (χ3v) is 4.80. The first-order valence-corrected chi connectivity index (χ1v) is 8.84. The minimum absolute atomic E-state index is 0.765. The lowest BCUT2D eigenvalue weighted by Crippen LogP contribution is -1.93. The van der Waals surface area contributed by atoms with Gasteiger partial charge in [0.2, 0.25) is 0 Å². The smallest absolute Gasteiger partial charge is 0.146 e. The van der Waals surface area contributed by atoms with E-state index in [0.29, 0.717) is 0 Å². The van der Waals surface area contributed by atoms with E-state index in [9.17, 15) is 0 Å². The van der Waals surface area contributed by atoms with Crippen molar-refractivity contribution >= 4 is 38.6 Å². The number of hydrogen-bond acceptors (Lipinski definition) is 2. The van der Waals surface area contributed by atoms with Gasteiger partial charge in [-0.3, -0.25) is 0 Å². The number of benzene rings is 1.